The molecule has 1 N–H and O–H groups in total. The van der Waals surface area contributed by atoms with Gasteiger partial charge < -0.3 is 5.11 Å². The first kappa shape index (κ1) is 9.59. The fraction of sp³-hybridized carbons (Fsp3) is 0.300. The van der Waals surface area contributed by atoms with Crippen LogP contribution >= 0.6 is 11.6 Å². The molecule has 2 heterocycles. The predicted octanol–water partition coefficient (Wildman–Crippen LogP) is 1.96. The van der Waals surface area contributed by atoms with Gasteiger partial charge in [-0.2, -0.15) is 5.10 Å². The lowest BCUT2D eigenvalue weighted by atomic mass is 10.1. The van der Waals surface area contributed by atoms with Crippen LogP contribution in [0.1, 0.15) is 34.8 Å². The quantitative estimate of drug-likeness (QED) is 0.867. The van der Waals surface area contributed by atoms with E-state index in [4.69, 9.17) is 16.7 Å². The summed E-state index contributed by atoms with van der Waals surface area (Å²) >= 11 is 5.79. The van der Waals surface area contributed by atoms with Crippen LogP contribution in [0, 0.1) is 0 Å². The van der Waals surface area contributed by atoms with Gasteiger partial charge >= 0.3 is 5.97 Å². The smallest absolute Gasteiger partial charge is 0.339 e. The summed E-state index contributed by atoms with van der Waals surface area (Å²) in [5.41, 5.74) is 1.52. The maximum atomic E-state index is 11.1. The van der Waals surface area contributed by atoms with E-state index >= 15 is 0 Å². The van der Waals surface area contributed by atoms with Gasteiger partial charge in [0.1, 0.15) is 0 Å². The fourth-order valence-electron chi connectivity index (χ4n) is 1.84. The first-order valence-corrected chi connectivity index (χ1v) is 5.32. The van der Waals surface area contributed by atoms with E-state index in [0.717, 1.165) is 12.8 Å². The van der Waals surface area contributed by atoms with E-state index in [1.807, 2.05) is 0 Å². The summed E-state index contributed by atoms with van der Waals surface area (Å²) in [5.74, 6) is -0.699. The van der Waals surface area contributed by atoms with E-state index in [-0.39, 0.29) is 11.5 Å². The summed E-state index contributed by atoms with van der Waals surface area (Å²) < 4.78 is 1.55. The molecule has 1 aliphatic carbocycles. The van der Waals surface area contributed by atoms with Gasteiger partial charge in [-0.3, -0.25) is 0 Å². The lowest BCUT2D eigenvalue weighted by Crippen LogP contribution is -2.09. The number of hydrogen-bond acceptors (Lipinski definition) is 3. The molecule has 1 fully saturated rings. The molecule has 16 heavy (non-hydrogen) atoms. The number of carboxylic acids is 1. The van der Waals surface area contributed by atoms with Crippen LogP contribution in [0.3, 0.4) is 0 Å². The number of carbonyl (C=O) groups is 1. The van der Waals surface area contributed by atoms with Gasteiger partial charge in [-0.25, -0.2) is 14.3 Å². The monoisotopic (exact) mass is 237 g/mol. The zero-order chi connectivity index (χ0) is 11.3. The van der Waals surface area contributed by atoms with E-state index in [1.54, 1.807) is 10.6 Å². The first-order valence-electron chi connectivity index (χ1n) is 4.94. The van der Waals surface area contributed by atoms with Crippen LogP contribution in [-0.4, -0.2) is 25.7 Å². The minimum absolute atomic E-state index is 0.217. The topological polar surface area (TPSA) is 67.5 Å². The Morgan fingerprint density at radius 3 is 2.94 bits per heavy atom. The molecule has 0 unspecified atom stereocenters. The molecular weight excluding hydrogens is 230 g/mol. The van der Waals surface area contributed by atoms with Crippen molar-refractivity contribution in [3.05, 3.63) is 28.7 Å². The number of nitrogens with zero attached hydrogens (tertiary/aromatic N) is 3. The van der Waals surface area contributed by atoms with Crippen molar-refractivity contribution in [2.24, 2.45) is 0 Å². The molecule has 0 aliphatic heterocycles. The Hall–Kier alpha value is -1.62. The van der Waals surface area contributed by atoms with Gasteiger partial charge in [0.25, 0.3) is 0 Å². The zero-order valence-electron chi connectivity index (χ0n) is 8.22. The van der Waals surface area contributed by atoms with E-state index in [9.17, 15) is 4.79 Å². The Kier molecular flexibility index (Phi) is 1.91. The number of halogens is 1. The molecule has 1 aliphatic rings. The Morgan fingerprint density at radius 2 is 2.31 bits per heavy atom. The molecule has 2 aromatic rings. The van der Waals surface area contributed by atoms with Gasteiger partial charge in [0.05, 0.1) is 11.3 Å². The lowest BCUT2D eigenvalue weighted by molar-refractivity contribution is 0.0694. The average molecular weight is 238 g/mol. The molecule has 0 radical (unpaired) electrons. The average Bonchev–Trinajstić information content (AvgIpc) is 2.97. The Bertz CT molecular complexity index is 589. The highest BCUT2D eigenvalue weighted by Gasteiger charge is 2.31. The third-order valence-corrected chi connectivity index (χ3v) is 2.87. The second kappa shape index (κ2) is 3.18. The van der Waals surface area contributed by atoms with Crippen LogP contribution in [0.4, 0.5) is 0 Å². The molecule has 82 valence electrons. The molecule has 0 bridgehead atoms. The predicted molar refractivity (Wildman–Crippen MR) is 56.9 cm³/mol. The molecule has 2 aromatic heterocycles. The van der Waals surface area contributed by atoms with E-state index < -0.39 is 5.97 Å². The van der Waals surface area contributed by atoms with Crippen molar-refractivity contribution < 1.29 is 9.90 Å². The highest BCUT2D eigenvalue weighted by Crippen LogP contribution is 2.41. The second-order valence-electron chi connectivity index (χ2n) is 3.87. The summed E-state index contributed by atoms with van der Waals surface area (Å²) in [6, 6.07) is 1.62. The highest BCUT2D eigenvalue weighted by molar-refractivity contribution is 6.29. The molecular formula is C10H8ClN3O2. The Morgan fingerprint density at radius 1 is 1.56 bits per heavy atom. The fourth-order valence-corrected chi connectivity index (χ4v) is 2.01. The van der Waals surface area contributed by atoms with Gasteiger partial charge in [0, 0.05) is 18.2 Å². The van der Waals surface area contributed by atoms with E-state index in [0.29, 0.717) is 16.5 Å². The largest absolute Gasteiger partial charge is 0.478 e. The van der Waals surface area contributed by atoms with Gasteiger partial charge in [-0.15, -0.1) is 0 Å². The zero-order valence-corrected chi connectivity index (χ0v) is 8.98. The summed E-state index contributed by atoms with van der Waals surface area (Å²) in [4.78, 5) is 15.1. The van der Waals surface area contributed by atoms with Crippen LogP contribution in [0.15, 0.2) is 12.3 Å². The standard InChI is InChI=1S/C10H8ClN3O2/c11-7-3-8-12-4-6(10(15)16)9(5-1-2-5)14(8)13-7/h3-5H,1-2H2,(H,15,16). The van der Waals surface area contributed by atoms with E-state index in [2.05, 4.69) is 10.1 Å². The van der Waals surface area contributed by atoms with Crippen LogP contribution in [0.5, 0.6) is 0 Å². The summed E-state index contributed by atoms with van der Waals surface area (Å²) in [7, 11) is 0. The molecule has 0 spiro atoms. The number of fused-ring (bicyclic) bond motifs is 1. The van der Waals surface area contributed by atoms with Gasteiger partial charge in [0.2, 0.25) is 0 Å². The Labute approximate surface area is 95.7 Å². The molecule has 0 aromatic carbocycles. The Balaban J connectivity index is 2.34. The summed E-state index contributed by atoms with van der Waals surface area (Å²) in [5, 5.41) is 13.5. The minimum Gasteiger partial charge on any atom is -0.478 e. The minimum atomic E-state index is -0.970. The second-order valence-corrected chi connectivity index (χ2v) is 4.26. The number of hydrogen-bond donors (Lipinski definition) is 1. The maximum Gasteiger partial charge on any atom is 0.339 e. The third-order valence-electron chi connectivity index (χ3n) is 2.69. The van der Waals surface area contributed by atoms with Gasteiger partial charge in [0.15, 0.2) is 10.8 Å². The van der Waals surface area contributed by atoms with Crippen LogP contribution in [0.25, 0.3) is 5.65 Å². The normalized spacial score (nSPS) is 15.6. The van der Waals surface area contributed by atoms with Gasteiger partial charge in [-0.05, 0) is 12.8 Å². The van der Waals surface area contributed by atoms with Crippen molar-refractivity contribution in [1.82, 2.24) is 14.6 Å². The van der Waals surface area contributed by atoms with Crippen molar-refractivity contribution in [2.45, 2.75) is 18.8 Å². The summed E-state index contributed by atoms with van der Waals surface area (Å²) in [6.07, 6.45) is 3.37. The van der Waals surface area contributed by atoms with Crippen molar-refractivity contribution >= 4 is 23.2 Å². The number of carboxylic acid groups (broad SMARTS) is 1. The molecule has 1 saturated carbocycles. The highest BCUT2D eigenvalue weighted by atomic mass is 35.5. The molecule has 0 amide bonds. The molecule has 0 saturated heterocycles. The van der Waals surface area contributed by atoms with Crippen molar-refractivity contribution in [3.63, 3.8) is 0 Å². The molecule has 5 nitrogen and oxygen atoms in total. The molecule has 0 atom stereocenters. The molecule has 6 heteroatoms. The third kappa shape index (κ3) is 1.36. The SMILES string of the molecule is O=C(O)c1cnc2cc(Cl)nn2c1C1CC1. The number of rotatable bonds is 2. The van der Waals surface area contributed by atoms with Crippen molar-refractivity contribution in [2.75, 3.05) is 0 Å². The first-order chi connectivity index (χ1) is 7.66. The van der Waals surface area contributed by atoms with Crippen LogP contribution in [-0.2, 0) is 0 Å². The number of aromatic carboxylic acids is 1. The maximum absolute atomic E-state index is 11.1. The van der Waals surface area contributed by atoms with Crippen LogP contribution in [0.2, 0.25) is 5.15 Å². The summed E-state index contributed by atoms with van der Waals surface area (Å²) in [6.45, 7) is 0. The van der Waals surface area contributed by atoms with E-state index in [1.165, 1.54) is 6.20 Å². The number of aromatic nitrogens is 3. The van der Waals surface area contributed by atoms with Crippen LogP contribution < -0.4 is 0 Å². The van der Waals surface area contributed by atoms with Crippen molar-refractivity contribution in [1.29, 1.82) is 0 Å². The molecule has 3 rings (SSSR count). The van der Waals surface area contributed by atoms with Crippen molar-refractivity contribution in [3.8, 4) is 0 Å². The van der Waals surface area contributed by atoms with Gasteiger partial charge in [-0.1, -0.05) is 11.6 Å². The lowest BCUT2D eigenvalue weighted by Gasteiger charge is -2.06.